The van der Waals surface area contributed by atoms with Crippen molar-refractivity contribution in [3.05, 3.63) is 40.9 Å². The van der Waals surface area contributed by atoms with Gasteiger partial charge in [-0.15, -0.1) is 0 Å². The molecule has 0 aliphatic rings. The molecule has 1 aromatic carbocycles. The molecule has 0 saturated carbocycles. The summed E-state index contributed by atoms with van der Waals surface area (Å²) >= 11 is 10.6. The van der Waals surface area contributed by atoms with E-state index in [1.54, 1.807) is 18.2 Å². The molecule has 0 heterocycles. The molecule has 0 aliphatic heterocycles. The fourth-order valence-electron chi connectivity index (χ4n) is 1.11. The number of nitrogens with one attached hydrogen (secondary N) is 3. The number of carbonyl (C=O) groups excluding carboxylic acids is 1. The second-order valence-corrected chi connectivity index (χ2v) is 4.20. The standard InChI is InChI=1S/C12H14ClN3OS/c1-2-14-12(18)16-15-11(17)8-5-9-3-6-10(13)7-4-9/h3-8H,2H2,1H3,(H,15,17)(H2,14,16,18). The number of amides is 1. The normalized spacial score (nSPS) is 10.1. The van der Waals surface area contributed by atoms with Gasteiger partial charge in [-0.05, 0) is 42.9 Å². The number of rotatable bonds is 3. The summed E-state index contributed by atoms with van der Waals surface area (Å²) in [6.07, 6.45) is 3.09. The first kappa shape index (κ1) is 14.5. The van der Waals surface area contributed by atoms with Crippen LogP contribution in [0, 0.1) is 0 Å². The molecule has 1 aromatic rings. The summed E-state index contributed by atoms with van der Waals surface area (Å²) in [6, 6.07) is 7.17. The Morgan fingerprint density at radius 1 is 1.33 bits per heavy atom. The molecule has 0 fully saturated rings. The van der Waals surface area contributed by atoms with Crippen LogP contribution < -0.4 is 16.2 Å². The molecule has 0 atom stereocenters. The van der Waals surface area contributed by atoms with Gasteiger partial charge in [0, 0.05) is 17.6 Å². The summed E-state index contributed by atoms with van der Waals surface area (Å²) in [7, 11) is 0. The fraction of sp³-hybridized carbons (Fsp3) is 0.167. The molecule has 4 nitrogen and oxygen atoms in total. The molecule has 0 bridgehead atoms. The van der Waals surface area contributed by atoms with Crippen molar-refractivity contribution in [1.82, 2.24) is 16.2 Å². The van der Waals surface area contributed by atoms with Crippen LogP contribution >= 0.6 is 23.8 Å². The highest BCUT2D eigenvalue weighted by Gasteiger charge is 1.96. The third-order valence-corrected chi connectivity index (χ3v) is 2.43. The lowest BCUT2D eigenvalue weighted by atomic mass is 10.2. The molecule has 0 spiro atoms. The SMILES string of the molecule is CCNC(=S)NNC(=O)C=Cc1ccc(Cl)cc1. The lowest BCUT2D eigenvalue weighted by Gasteiger charge is -2.07. The summed E-state index contributed by atoms with van der Waals surface area (Å²) < 4.78 is 0. The van der Waals surface area contributed by atoms with E-state index in [1.165, 1.54) is 6.08 Å². The van der Waals surface area contributed by atoms with Crippen LogP contribution in [0.2, 0.25) is 5.02 Å². The molecule has 1 amide bonds. The molecule has 96 valence electrons. The fourth-order valence-corrected chi connectivity index (χ4v) is 1.43. The van der Waals surface area contributed by atoms with Gasteiger partial charge < -0.3 is 5.32 Å². The highest BCUT2D eigenvalue weighted by Crippen LogP contribution is 2.10. The van der Waals surface area contributed by atoms with Gasteiger partial charge in [0.25, 0.3) is 5.91 Å². The quantitative estimate of drug-likeness (QED) is 0.450. The Labute approximate surface area is 116 Å². The summed E-state index contributed by atoms with van der Waals surface area (Å²) in [5.74, 6) is -0.287. The number of thiocarbonyl (C=S) groups is 1. The Balaban J connectivity index is 2.40. The maximum atomic E-state index is 11.4. The van der Waals surface area contributed by atoms with E-state index in [-0.39, 0.29) is 5.91 Å². The van der Waals surface area contributed by atoms with E-state index in [4.69, 9.17) is 23.8 Å². The molecular weight excluding hydrogens is 270 g/mol. The van der Waals surface area contributed by atoms with Gasteiger partial charge >= 0.3 is 0 Å². The van der Waals surface area contributed by atoms with E-state index < -0.39 is 0 Å². The van der Waals surface area contributed by atoms with Crippen LogP contribution in [-0.2, 0) is 4.79 Å². The highest BCUT2D eigenvalue weighted by molar-refractivity contribution is 7.80. The first-order valence-electron chi connectivity index (χ1n) is 5.39. The molecule has 3 N–H and O–H groups in total. The number of halogens is 1. The van der Waals surface area contributed by atoms with Gasteiger partial charge in [-0.3, -0.25) is 15.6 Å². The highest BCUT2D eigenvalue weighted by atomic mass is 35.5. The van der Waals surface area contributed by atoms with Crippen molar-refractivity contribution in [2.24, 2.45) is 0 Å². The number of benzene rings is 1. The van der Waals surface area contributed by atoms with Crippen LogP contribution in [0.15, 0.2) is 30.3 Å². The average Bonchev–Trinajstić information content (AvgIpc) is 2.36. The smallest absolute Gasteiger partial charge is 0.262 e. The zero-order valence-corrected chi connectivity index (χ0v) is 11.4. The van der Waals surface area contributed by atoms with Crippen molar-refractivity contribution < 1.29 is 4.79 Å². The van der Waals surface area contributed by atoms with Crippen LogP contribution in [0.25, 0.3) is 6.08 Å². The lowest BCUT2D eigenvalue weighted by Crippen LogP contribution is -2.46. The van der Waals surface area contributed by atoms with Crippen molar-refractivity contribution in [3.8, 4) is 0 Å². The molecule has 0 aromatic heterocycles. The molecule has 1 rings (SSSR count). The van der Waals surface area contributed by atoms with E-state index >= 15 is 0 Å². The Morgan fingerprint density at radius 3 is 2.61 bits per heavy atom. The zero-order chi connectivity index (χ0) is 13.4. The van der Waals surface area contributed by atoms with Gasteiger partial charge in [-0.25, -0.2) is 0 Å². The summed E-state index contributed by atoms with van der Waals surface area (Å²) in [6.45, 7) is 2.61. The third kappa shape index (κ3) is 5.65. The minimum Gasteiger partial charge on any atom is -0.362 e. The van der Waals surface area contributed by atoms with Gasteiger partial charge in [-0.1, -0.05) is 23.7 Å². The van der Waals surface area contributed by atoms with E-state index in [1.807, 2.05) is 19.1 Å². The second-order valence-electron chi connectivity index (χ2n) is 3.36. The molecule has 0 radical (unpaired) electrons. The minimum absolute atomic E-state index is 0.287. The van der Waals surface area contributed by atoms with Crippen molar-refractivity contribution in [2.45, 2.75) is 6.92 Å². The van der Waals surface area contributed by atoms with Gasteiger partial charge in [0.05, 0.1) is 0 Å². The van der Waals surface area contributed by atoms with Gasteiger partial charge in [0.1, 0.15) is 0 Å². The molecule has 18 heavy (non-hydrogen) atoms. The van der Waals surface area contributed by atoms with Crippen molar-refractivity contribution in [3.63, 3.8) is 0 Å². The Bertz CT molecular complexity index is 445. The maximum Gasteiger partial charge on any atom is 0.262 e. The Hall–Kier alpha value is -1.59. The third-order valence-electron chi connectivity index (χ3n) is 1.93. The summed E-state index contributed by atoms with van der Waals surface area (Å²) in [5, 5.41) is 3.89. The van der Waals surface area contributed by atoms with Gasteiger partial charge in [0.2, 0.25) is 0 Å². The van der Waals surface area contributed by atoms with Crippen molar-refractivity contribution in [1.29, 1.82) is 0 Å². The second kappa shape index (κ2) is 7.68. The Morgan fingerprint density at radius 2 is 2.00 bits per heavy atom. The summed E-state index contributed by atoms with van der Waals surface area (Å²) in [4.78, 5) is 11.4. The zero-order valence-electron chi connectivity index (χ0n) is 9.87. The van der Waals surface area contributed by atoms with E-state index in [9.17, 15) is 4.79 Å². The topological polar surface area (TPSA) is 53.2 Å². The van der Waals surface area contributed by atoms with Crippen LogP contribution in [0.4, 0.5) is 0 Å². The number of hydrazine groups is 1. The first-order valence-corrected chi connectivity index (χ1v) is 6.18. The van der Waals surface area contributed by atoms with E-state index in [2.05, 4.69) is 16.2 Å². The molecule has 6 heteroatoms. The van der Waals surface area contributed by atoms with Crippen LogP contribution in [-0.4, -0.2) is 17.6 Å². The van der Waals surface area contributed by atoms with Crippen molar-refractivity contribution >= 4 is 40.9 Å². The van der Waals surface area contributed by atoms with Gasteiger partial charge in [0.15, 0.2) is 5.11 Å². The molecule has 0 aliphatic carbocycles. The Kier molecular flexibility index (Phi) is 6.18. The maximum absolute atomic E-state index is 11.4. The van der Waals surface area contributed by atoms with Crippen LogP contribution in [0.5, 0.6) is 0 Å². The predicted molar refractivity (Wildman–Crippen MR) is 78.0 cm³/mol. The number of hydrogen-bond acceptors (Lipinski definition) is 2. The molecular formula is C12H14ClN3OS. The molecule has 0 saturated heterocycles. The van der Waals surface area contributed by atoms with Gasteiger partial charge in [-0.2, -0.15) is 0 Å². The monoisotopic (exact) mass is 283 g/mol. The number of carbonyl (C=O) groups is 1. The van der Waals surface area contributed by atoms with Crippen LogP contribution in [0.3, 0.4) is 0 Å². The van der Waals surface area contributed by atoms with E-state index in [0.29, 0.717) is 16.7 Å². The minimum atomic E-state index is -0.287. The van der Waals surface area contributed by atoms with Crippen LogP contribution in [0.1, 0.15) is 12.5 Å². The largest absolute Gasteiger partial charge is 0.362 e. The van der Waals surface area contributed by atoms with E-state index in [0.717, 1.165) is 5.56 Å². The number of hydrogen-bond donors (Lipinski definition) is 3. The summed E-state index contributed by atoms with van der Waals surface area (Å²) in [5.41, 5.74) is 5.91. The average molecular weight is 284 g/mol. The predicted octanol–water partition coefficient (Wildman–Crippen LogP) is 1.87. The first-order chi connectivity index (χ1) is 8.61. The van der Waals surface area contributed by atoms with Crippen molar-refractivity contribution in [2.75, 3.05) is 6.54 Å². The lowest BCUT2D eigenvalue weighted by molar-refractivity contribution is -0.116. The molecule has 0 unspecified atom stereocenters.